The third kappa shape index (κ3) is 11.5. The highest BCUT2D eigenvalue weighted by atomic mass is 16.5. The quantitative estimate of drug-likeness (QED) is 0.514. The minimum Gasteiger partial charge on any atom is -0.381 e. The van der Waals surface area contributed by atoms with Crippen molar-refractivity contribution in [2.24, 2.45) is 0 Å². The highest BCUT2D eigenvalue weighted by Gasteiger charge is 1.90. The van der Waals surface area contributed by atoms with Gasteiger partial charge in [0.2, 0.25) is 0 Å². The lowest BCUT2D eigenvalue weighted by atomic mass is 10.2. The zero-order valence-electron chi connectivity index (χ0n) is 8.72. The summed E-state index contributed by atoms with van der Waals surface area (Å²) in [5, 5.41) is 8.28. The summed E-state index contributed by atoms with van der Waals surface area (Å²) in [7, 11) is 0. The Morgan fingerprint density at radius 1 is 1.00 bits per heavy atom. The maximum Gasteiger partial charge on any atom is 0.0621 e. The molecule has 0 fully saturated rings. The second-order valence-corrected chi connectivity index (χ2v) is 3.29. The molecular formula is C11H21NO. The first kappa shape index (κ1) is 12.4. The van der Waals surface area contributed by atoms with Crippen LogP contribution in [-0.2, 0) is 4.74 Å². The number of ether oxygens (including phenoxy) is 1. The van der Waals surface area contributed by atoms with Crippen molar-refractivity contribution in [3.63, 3.8) is 0 Å². The van der Waals surface area contributed by atoms with E-state index in [4.69, 9.17) is 10.00 Å². The molecule has 0 aromatic carbocycles. The summed E-state index contributed by atoms with van der Waals surface area (Å²) in [6, 6.07) is 2.13. The van der Waals surface area contributed by atoms with Crippen molar-refractivity contribution in [2.75, 3.05) is 13.2 Å². The molecule has 0 aromatic rings. The normalized spacial score (nSPS) is 9.85. The van der Waals surface area contributed by atoms with Gasteiger partial charge in [0.05, 0.1) is 6.07 Å². The molecule has 0 aliphatic carbocycles. The summed E-state index contributed by atoms with van der Waals surface area (Å²) in [4.78, 5) is 0. The van der Waals surface area contributed by atoms with E-state index in [1.807, 2.05) is 0 Å². The van der Waals surface area contributed by atoms with E-state index in [9.17, 15) is 0 Å². The third-order valence-corrected chi connectivity index (χ3v) is 1.97. The fraction of sp³-hybridized carbons (Fsp3) is 0.909. The topological polar surface area (TPSA) is 33.0 Å². The van der Waals surface area contributed by atoms with Gasteiger partial charge < -0.3 is 4.74 Å². The molecule has 0 N–H and O–H groups in total. The fourth-order valence-corrected chi connectivity index (χ4v) is 1.14. The summed E-state index contributed by atoms with van der Waals surface area (Å²) in [6.07, 6.45) is 7.74. The van der Waals surface area contributed by atoms with Gasteiger partial charge >= 0.3 is 0 Å². The lowest BCUT2D eigenvalue weighted by molar-refractivity contribution is 0.126. The van der Waals surface area contributed by atoms with Gasteiger partial charge in [0.25, 0.3) is 0 Å². The number of unbranched alkanes of at least 4 members (excludes halogenated alkanes) is 5. The molecule has 0 heterocycles. The second kappa shape index (κ2) is 11.4. The molecule has 0 saturated heterocycles. The molecule has 0 aromatic heterocycles. The van der Waals surface area contributed by atoms with Crippen molar-refractivity contribution < 1.29 is 4.74 Å². The summed E-state index contributed by atoms with van der Waals surface area (Å²) >= 11 is 0. The Morgan fingerprint density at radius 2 is 1.69 bits per heavy atom. The van der Waals surface area contributed by atoms with Gasteiger partial charge in [0, 0.05) is 19.6 Å². The molecule has 0 radical (unpaired) electrons. The maximum atomic E-state index is 8.28. The molecule has 76 valence electrons. The predicted octanol–water partition coefficient (Wildman–Crippen LogP) is 3.28. The predicted molar refractivity (Wildman–Crippen MR) is 54.4 cm³/mol. The van der Waals surface area contributed by atoms with Gasteiger partial charge in [-0.25, -0.2) is 0 Å². The summed E-state index contributed by atoms with van der Waals surface area (Å²) in [5.74, 6) is 0. The van der Waals surface area contributed by atoms with E-state index in [2.05, 4.69) is 13.0 Å². The molecule has 0 aliphatic rings. The van der Waals surface area contributed by atoms with E-state index in [0.29, 0.717) is 6.42 Å². The molecule has 2 heteroatoms. The standard InChI is InChI=1S/C11H21NO/c1-2-3-4-7-10-13-11-8-5-6-9-12/h2-8,10-11H2,1H3. The van der Waals surface area contributed by atoms with E-state index >= 15 is 0 Å². The first-order valence-corrected chi connectivity index (χ1v) is 5.36. The number of hydrogen-bond donors (Lipinski definition) is 0. The molecule has 0 spiro atoms. The van der Waals surface area contributed by atoms with E-state index in [0.717, 1.165) is 26.1 Å². The molecule has 0 atom stereocenters. The zero-order chi connectivity index (χ0) is 9.78. The minimum atomic E-state index is 0.666. The number of nitrogens with zero attached hydrogens (tertiary/aromatic N) is 1. The second-order valence-electron chi connectivity index (χ2n) is 3.29. The lowest BCUT2D eigenvalue weighted by Gasteiger charge is -2.02. The fourth-order valence-electron chi connectivity index (χ4n) is 1.14. The average Bonchev–Trinajstić information content (AvgIpc) is 2.16. The molecule has 13 heavy (non-hydrogen) atoms. The van der Waals surface area contributed by atoms with Gasteiger partial charge in [0.15, 0.2) is 0 Å². The monoisotopic (exact) mass is 183 g/mol. The molecule has 0 bridgehead atoms. The highest BCUT2D eigenvalue weighted by molar-refractivity contribution is 4.67. The van der Waals surface area contributed by atoms with Gasteiger partial charge in [-0.05, 0) is 19.3 Å². The molecule has 0 aliphatic heterocycles. The Balaban J connectivity index is 2.80. The first-order chi connectivity index (χ1) is 6.41. The van der Waals surface area contributed by atoms with Crippen molar-refractivity contribution >= 4 is 0 Å². The SMILES string of the molecule is CCCCCCOCCCCC#N. The molecule has 0 rings (SSSR count). The van der Waals surface area contributed by atoms with Crippen molar-refractivity contribution in [1.29, 1.82) is 5.26 Å². The van der Waals surface area contributed by atoms with Crippen LogP contribution in [0, 0.1) is 11.3 Å². The van der Waals surface area contributed by atoms with E-state index < -0.39 is 0 Å². The van der Waals surface area contributed by atoms with Crippen LogP contribution < -0.4 is 0 Å². The van der Waals surface area contributed by atoms with E-state index in [1.165, 1.54) is 25.7 Å². The van der Waals surface area contributed by atoms with Crippen LogP contribution in [0.1, 0.15) is 51.9 Å². The van der Waals surface area contributed by atoms with Crippen LogP contribution in [0.3, 0.4) is 0 Å². The summed E-state index contributed by atoms with van der Waals surface area (Å²) in [6.45, 7) is 3.93. The Bertz CT molecular complexity index is 129. The van der Waals surface area contributed by atoms with Gasteiger partial charge in [-0.3, -0.25) is 0 Å². The van der Waals surface area contributed by atoms with Gasteiger partial charge in [-0.15, -0.1) is 0 Å². The van der Waals surface area contributed by atoms with E-state index in [1.54, 1.807) is 0 Å². The van der Waals surface area contributed by atoms with Gasteiger partial charge in [-0.2, -0.15) is 5.26 Å². The van der Waals surface area contributed by atoms with Crippen LogP contribution >= 0.6 is 0 Å². The van der Waals surface area contributed by atoms with Crippen LogP contribution in [0.5, 0.6) is 0 Å². The summed E-state index contributed by atoms with van der Waals surface area (Å²) < 4.78 is 5.42. The highest BCUT2D eigenvalue weighted by Crippen LogP contribution is 2.00. The zero-order valence-corrected chi connectivity index (χ0v) is 8.72. The van der Waals surface area contributed by atoms with Crippen LogP contribution in [0.2, 0.25) is 0 Å². The largest absolute Gasteiger partial charge is 0.381 e. The van der Waals surface area contributed by atoms with Gasteiger partial charge in [0.1, 0.15) is 0 Å². The molecular weight excluding hydrogens is 162 g/mol. The average molecular weight is 183 g/mol. The molecule has 0 amide bonds. The number of nitriles is 1. The van der Waals surface area contributed by atoms with Crippen molar-refractivity contribution in [3.05, 3.63) is 0 Å². The number of hydrogen-bond acceptors (Lipinski definition) is 2. The lowest BCUT2D eigenvalue weighted by Crippen LogP contribution is -1.96. The smallest absolute Gasteiger partial charge is 0.0621 e. The third-order valence-electron chi connectivity index (χ3n) is 1.97. The molecule has 2 nitrogen and oxygen atoms in total. The van der Waals surface area contributed by atoms with Crippen LogP contribution in [0.4, 0.5) is 0 Å². The van der Waals surface area contributed by atoms with Gasteiger partial charge in [-0.1, -0.05) is 26.2 Å². The Morgan fingerprint density at radius 3 is 2.31 bits per heavy atom. The Hall–Kier alpha value is -0.550. The molecule has 0 unspecified atom stereocenters. The molecule has 0 saturated carbocycles. The van der Waals surface area contributed by atoms with Crippen molar-refractivity contribution in [1.82, 2.24) is 0 Å². The Labute approximate surface area is 81.9 Å². The van der Waals surface area contributed by atoms with E-state index in [-0.39, 0.29) is 0 Å². The van der Waals surface area contributed by atoms with Crippen molar-refractivity contribution in [2.45, 2.75) is 51.9 Å². The maximum absolute atomic E-state index is 8.28. The minimum absolute atomic E-state index is 0.666. The van der Waals surface area contributed by atoms with Crippen molar-refractivity contribution in [3.8, 4) is 6.07 Å². The Kier molecular flexibility index (Phi) is 11.0. The number of rotatable bonds is 9. The van der Waals surface area contributed by atoms with Crippen LogP contribution in [0.15, 0.2) is 0 Å². The first-order valence-electron chi connectivity index (χ1n) is 5.36. The van der Waals surface area contributed by atoms with Crippen LogP contribution in [-0.4, -0.2) is 13.2 Å². The van der Waals surface area contributed by atoms with Crippen LogP contribution in [0.25, 0.3) is 0 Å². The summed E-state index contributed by atoms with van der Waals surface area (Å²) in [5.41, 5.74) is 0.